The van der Waals surface area contributed by atoms with E-state index in [-0.39, 0.29) is 5.41 Å². The molecule has 0 unspecified atom stereocenters. The highest BCUT2D eigenvalue weighted by atomic mass is 28.1. The van der Waals surface area contributed by atoms with Crippen LogP contribution in [0, 0.1) is 0 Å². The lowest BCUT2D eigenvalue weighted by atomic mass is 9.67. The Morgan fingerprint density at radius 2 is 0.957 bits per heavy atom. The highest BCUT2D eigenvalue weighted by Crippen LogP contribution is 2.42. The fraction of sp³-hybridized carbons (Fsp3) is 0.0909. The van der Waals surface area contributed by atoms with E-state index in [1.54, 1.807) is 0 Å². The van der Waals surface area contributed by atoms with Gasteiger partial charge < -0.3 is 0 Å². The first kappa shape index (κ1) is 15.5. The normalized spacial score (nSPS) is 11.7. The predicted molar refractivity (Wildman–Crippen MR) is 98.7 cm³/mol. The Kier molecular flexibility index (Phi) is 4.89. The van der Waals surface area contributed by atoms with E-state index in [4.69, 9.17) is 0 Å². The van der Waals surface area contributed by atoms with E-state index in [0.717, 1.165) is 6.42 Å². The van der Waals surface area contributed by atoms with E-state index < -0.39 is 0 Å². The van der Waals surface area contributed by atoms with E-state index in [0.29, 0.717) is 0 Å². The maximum atomic E-state index is 3.49. The van der Waals surface area contributed by atoms with Crippen LogP contribution in [0.2, 0.25) is 0 Å². The first-order valence-electron chi connectivity index (χ1n) is 7.87. The van der Waals surface area contributed by atoms with Crippen molar-refractivity contribution in [2.45, 2.75) is 11.8 Å². The van der Waals surface area contributed by atoms with Gasteiger partial charge in [0.15, 0.2) is 0 Å². The summed E-state index contributed by atoms with van der Waals surface area (Å²) in [5.41, 5.74) is 5.68. The quantitative estimate of drug-likeness (QED) is 0.454. The van der Waals surface area contributed by atoms with Crippen molar-refractivity contribution in [3.05, 3.63) is 119 Å². The zero-order chi connectivity index (χ0) is 16.0. The maximum absolute atomic E-state index is 3.49. The van der Waals surface area contributed by atoms with Gasteiger partial charge in [-0.3, -0.25) is 0 Å². The minimum Gasteiger partial charge on any atom is -0.106 e. The van der Waals surface area contributed by atoms with E-state index in [1.807, 2.05) is 5.70 Å². The molecule has 0 aromatic heterocycles. The molecule has 3 rings (SSSR count). The fourth-order valence-corrected chi connectivity index (χ4v) is 3.38. The number of benzene rings is 3. The highest BCUT2D eigenvalue weighted by molar-refractivity contribution is 6.16. The van der Waals surface area contributed by atoms with Crippen molar-refractivity contribution in [2.75, 3.05) is 0 Å². The molecule has 1 heteroatoms. The summed E-state index contributed by atoms with van der Waals surface area (Å²) >= 11 is 0. The summed E-state index contributed by atoms with van der Waals surface area (Å²) in [6, 6.07) is 32.3. The molecule has 0 amide bonds. The smallest absolute Gasteiger partial charge is 0.0596 e. The van der Waals surface area contributed by atoms with Gasteiger partial charge in [-0.2, -0.15) is 0 Å². The van der Waals surface area contributed by atoms with Crippen LogP contribution in [0.25, 0.3) is 0 Å². The molecule has 3 radical (unpaired) electrons. The molecule has 0 saturated heterocycles. The Morgan fingerprint density at radius 3 is 1.26 bits per heavy atom. The van der Waals surface area contributed by atoms with Crippen LogP contribution in [0.15, 0.2) is 103 Å². The van der Waals surface area contributed by atoms with E-state index in [2.05, 4.69) is 107 Å². The van der Waals surface area contributed by atoms with Crippen LogP contribution in [0.4, 0.5) is 0 Å². The lowest BCUT2D eigenvalue weighted by Crippen LogP contribution is -2.28. The average Bonchev–Trinajstić information content (AvgIpc) is 2.65. The van der Waals surface area contributed by atoms with Crippen LogP contribution in [0.5, 0.6) is 0 Å². The first-order valence-corrected chi connectivity index (χ1v) is 8.44. The molecule has 3 aromatic rings. The van der Waals surface area contributed by atoms with Crippen LogP contribution in [0.3, 0.4) is 0 Å². The third kappa shape index (κ3) is 3.06. The summed E-state index contributed by atoms with van der Waals surface area (Å²) in [6.45, 7) is 0. The molecule has 0 nitrogen and oxygen atoms in total. The fourth-order valence-electron chi connectivity index (χ4n) is 3.26. The second kappa shape index (κ2) is 7.25. The summed E-state index contributed by atoms with van der Waals surface area (Å²) in [6.07, 6.45) is 3.08. The molecule has 0 aliphatic rings. The Labute approximate surface area is 141 Å². The average molecular weight is 311 g/mol. The lowest BCUT2D eigenvalue weighted by molar-refractivity contribution is 0.628. The van der Waals surface area contributed by atoms with Crippen molar-refractivity contribution in [3.63, 3.8) is 0 Å². The van der Waals surface area contributed by atoms with Gasteiger partial charge in [0.1, 0.15) is 0 Å². The Hall–Kier alpha value is -2.38. The highest BCUT2D eigenvalue weighted by Gasteiger charge is 2.34. The topological polar surface area (TPSA) is 0 Å². The molecule has 0 spiro atoms. The molecule has 0 fully saturated rings. The zero-order valence-corrected chi connectivity index (χ0v) is 14.0. The molecule has 0 saturated carbocycles. The lowest BCUT2D eigenvalue weighted by Gasteiger charge is -2.35. The van der Waals surface area contributed by atoms with Crippen molar-refractivity contribution in [3.8, 4) is 0 Å². The summed E-state index contributed by atoms with van der Waals surface area (Å²) in [5, 5.41) is 0. The SMILES string of the molecule is [Si]C=CCC(c1ccccc1)(c1ccccc1)c1ccccc1. The van der Waals surface area contributed by atoms with Crippen LogP contribution in [0.1, 0.15) is 23.1 Å². The van der Waals surface area contributed by atoms with Gasteiger partial charge in [-0.15, -0.1) is 5.70 Å². The van der Waals surface area contributed by atoms with Crippen LogP contribution in [-0.2, 0) is 5.41 Å². The van der Waals surface area contributed by atoms with Crippen LogP contribution < -0.4 is 0 Å². The van der Waals surface area contributed by atoms with Gasteiger partial charge in [0.25, 0.3) is 0 Å². The van der Waals surface area contributed by atoms with Gasteiger partial charge in [0.2, 0.25) is 0 Å². The first-order chi connectivity index (χ1) is 11.4. The van der Waals surface area contributed by atoms with E-state index in [1.165, 1.54) is 16.7 Å². The summed E-state index contributed by atoms with van der Waals surface area (Å²) in [5.74, 6) is 0. The number of hydrogen-bond donors (Lipinski definition) is 0. The largest absolute Gasteiger partial charge is 0.106 e. The summed E-state index contributed by atoms with van der Waals surface area (Å²) < 4.78 is 0. The van der Waals surface area contributed by atoms with Crippen molar-refractivity contribution >= 4 is 10.2 Å². The number of hydrogen-bond acceptors (Lipinski definition) is 0. The predicted octanol–water partition coefficient (Wildman–Crippen LogP) is 5.09. The zero-order valence-electron chi connectivity index (χ0n) is 13.0. The van der Waals surface area contributed by atoms with Crippen molar-refractivity contribution < 1.29 is 0 Å². The van der Waals surface area contributed by atoms with Gasteiger partial charge in [-0.05, 0) is 23.1 Å². The molecule has 3 aromatic carbocycles. The number of allylic oxidation sites excluding steroid dienone is 1. The number of rotatable bonds is 5. The second-order valence-electron chi connectivity index (χ2n) is 5.61. The molecular formula is C22H19Si. The van der Waals surface area contributed by atoms with Gasteiger partial charge >= 0.3 is 0 Å². The molecule has 0 aliphatic carbocycles. The van der Waals surface area contributed by atoms with Gasteiger partial charge in [0.05, 0.1) is 10.2 Å². The molecular weight excluding hydrogens is 292 g/mol. The third-order valence-electron chi connectivity index (χ3n) is 4.34. The maximum Gasteiger partial charge on any atom is 0.0596 e. The standard InChI is InChI=1S/C22H19Si/c23-18-10-17-22(19-11-4-1-5-12-19,20-13-6-2-7-14-20)21-15-8-3-9-16-21/h1-16,18H,17H2. The van der Waals surface area contributed by atoms with Crippen molar-refractivity contribution in [2.24, 2.45) is 0 Å². The van der Waals surface area contributed by atoms with Gasteiger partial charge in [0, 0.05) is 5.41 Å². The van der Waals surface area contributed by atoms with Gasteiger partial charge in [-0.25, -0.2) is 0 Å². The molecule has 0 atom stereocenters. The molecule has 23 heavy (non-hydrogen) atoms. The Morgan fingerprint density at radius 1 is 0.609 bits per heavy atom. The van der Waals surface area contributed by atoms with E-state index >= 15 is 0 Å². The molecule has 0 aliphatic heterocycles. The van der Waals surface area contributed by atoms with Crippen LogP contribution >= 0.6 is 0 Å². The Balaban J connectivity index is 2.30. The molecule has 0 heterocycles. The molecule has 0 bridgehead atoms. The Bertz CT molecular complexity index is 649. The minimum absolute atomic E-state index is 0.188. The van der Waals surface area contributed by atoms with Crippen LogP contribution in [-0.4, -0.2) is 10.2 Å². The monoisotopic (exact) mass is 311 g/mol. The molecule has 111 valence electrons. The van der Waals surface area contributed by atoms with Crippen molar-refractivity contribution in [1.82, 2.24) is 0 Å². The van der Waals surface area contributed by atoms with E-state index in [9.17, 15) is 0 Å². The molecule has 0 N–H and O–H groups in total. The van der Waals surface area contributed by atoms with Gasteiger partial charge in [-0.1, -0.05) is 97.1 Å². The third-order valence-corrected chi connectivity index (χ3v) is 4.58. The second-order valence-corrected chi connectivity index (χ2v) is 5.94. The summed E-state index contributed by atoms with van der Waals surface area (Å²) in [4.78, 5) is 0. The summed E-state index contributed by atoms with van der Waals surface area (Å²) in [7, 11) is 3.49. The minimum atomic E-state index is -0.188. The van der Waals surface area contributed by atoms with Crippen molar-refractivity contribution in [1.29, 1.82) is 0 Å².